The SMILES string of the molecule is CC(=O)N1CCC(C(C)C)CC1.CC(C)C1CCC(O)(c2ccnn2C)CC1.CC(C)C1CCC(O)(c2nccs2)CC1.CC(C)CCc1ccc(S(C)(=O)=O)cc1. The third kappa shape index (κ3) is 15.5. The minimum Gasteiger partial charge on any atom is -0.384 e. The highest BCUT2D eigenvalue weighted by molar-refractivity contribution is 7.90. The molecule has 3 heterocycles. The Morgan fingerprint density at radius 3 is 1.64 bits per heavy atom. The van der Waals surface area contributed by atoms with Gasteiger partial charge in [0.1, 0.15) is 16.2 Å². The maximum Gasteiger partial charge on any atom is 0.219 e. The Bertz CT molecular complexity index is 1710. The zero-order valence-corrected chi connectivity index (χ0v) is 39.4. The van der Waals surface area contributed by atoms with Crippen LogP contribution in [0.25, 0.3) is 0 Å². The van der Waals surface area contributed by atoms with E-state index in [1.54, 1.807) is 47.5 Å². The summed E-state index contributed by atoms with van der Waals surface area (Å²) in [6.07, 6.45) is 17.3. The Hall–Kier alpha value is -2.60. The first-order chi connectivity index (χ1) is 27.1. The van der Waals surface area contributed by atoms with E-state index in [1.807, 2.05) is 35.5 Å². The van der Waals surface area contributed by atoms with Gasteiger partial charge in [-0.1, -0.05) is 67.5 Å². The van der Waals surface area contributed by atoms with Gasteiger partial charge < -0.3 is 15.1 Å². The number of aliphatic hydroxyl groups is 2. The van der Waals surface area contributed by atoms with Crippen molar-refractivity contribution in [1.29, 1.82) is 0 Å². The first-order valence-corrected chi connectivity index (χ1v) is 24.8. The van der Waals surface area contributed by atoms with E-state index in [0.717, 1.165) is 124 Å². The summed E-state index contributed by atoms with van der Waals surface area (Å²) in [5.41, 5.74) is 0.904. The summed E-state index contributed by atoms with van der Waals surface area (Å²) in [4.78, 5) is 17.6. The van der Waals surface area contributed by atoms with Crippen LogP contribution in [0.5, 0.6) is 0 Å². The van der Waals surface area contributed by atoms with Gasteiger partial charge in [0.05, 0.1) is 10.6 Å². The number of carbonyl (C=O) groups excluding carboxylic acids is 1. The summed E-state index contributed by atoms with van der Waals surface area (Å²) < 4.78 is 24.2. The summed E-state index contributed by atoms with van der Waals surface area (Å²) >= 11 is 1.58. The quantitative estimate of drug-likeness (QED) is 0.220. The minimum atomic E-state index is -3.05. The monoisotopic (exact) mass is 843 g/mol. The minimum absolute atomic E-state index is 0.234. The summed E-state index contributed by atoms with van der Waals surface area (Å²) in [7, 11) is -1.15. The molecule has 0 spiro atoms. The predicted octanol–water partition coefficient (Wildman–Crippen LogP) is 10.2. The molecule has 1 saturated heterocycles. The average molecular weight is 843 g/mol. The molecule has 2 aromatic heterocycles. The van der Waals surface area contributed by atoms with E-state index in [2.05, 4.69) is 65.5 Å². The molecule has 58 heavy (non-hydrogen) atoms. The molecule has 3 fully saturated rings. The van der Waals surface area contributed by atoms with Gasteiger partial charge in [-0.2, -0.15) is 5.10 Å². The third-order valence-corrected chi connectivity index (χ3v) is 15.1. The zero-order chi connectivity index (χ0) is 43.3. The molecule has 328 valence electrons. The number of hydrogen-bond acceptors (Lipinski definition) is 8. The van der Waals surface area contributed by atoms with Crippen LogP contribution in [0.4, 0.5) is 0 Å². The molecular formula is C47H78N4O5S2. The van der Waals surface area contributed by atoms with Crippen LogP contribution in [0, 0.1) is 41.4 Å². The van der Waals surface area contributed by atoms with Gasteiger partial charge in [-0.05, 0) is 142 Å². The van der Waals surface area contributed by atoms with Crippen molar-refractivity contribution in [2.24, 2.45) is 48.5 Å². The lowest BCUT2D eigenvalue weighted by atomic mass is 9.73. The van der Waals surface area contributed by atoms with Gasteiger partial charge >= 0.3 is 0 Å². The van der Waals surface area contributed by atoms with Crippen LogP contribution >= 0.6 is 11.3 Å². The van der Waals surface area contributed by atoms with Crippen LogP contribution in [0.15, 0.2) is 53.0 Å². The number of piperidine rings is 1. The summed E-state index contributed by atoms with van der Waals surface area (Å²) in [5, 5.41) is 28.1. The lowest BCUT2D eigenvalue weighted by Crippen LogP contribution is -2.38. The normalized spacial score (nSPS) is 24.1. The number of amides is 1. The molecule has 2 N–H and O–H groups in total. The van der Waals surface area contributed by atoms with Crippen LogP contribution in [0.3, 0.4) is 0 Å². The highest BCUT2D eigenvalue weighted by Gasteiger charge is 2.38. The first kappa shape index (κ1) is 49.8. The molecule has 0 bridgehead atoms. The van der Waals surface area contributed by atoms with E-state index in [9.17, 15) is 23.4 Å². The van der Waals surface area contributed by atoms with Crippen molar-refractivity contribution >= 4 is 27.1 Å². The smallest absolute Gasteiger partial charge is 0.219 e. The van der Waals surface area contributed by atoms with Crippen LogP contribution < -0.4 is 0 Å². The second kappa shape index (κ2) is 22.8. The van der Waals surface area contributed by atoms with E-state index in [-0.39, 0.29) is 5.91 Å². The van der Waals surface area contributed by atoms with Gasteiger partial charge in [0, 0.05) is 51.1 Å². The number of sulfone groups is 1. The standard InChI is InChI=1S/C13H22N2O.C12H19NOS.C12H18O2S.C10H19NO/c1-10(2)11-4-7-13(16,8-5-11)12-6-9-14-15(12)3;1-9(2)10-3-5-12(14,6-4-10)11-13-7-8-15-11;1-10(2)4-5-11-6-8-12(9-7-11)15(3,13)14;1-8(2)10-4-6-11(7-5-10)9(3)12/h6,9-11,16H,4-5,7-8H2,1-3H3;7-10,14H,3-6H2,1-2H3;6-10H,4-5H2,1-3H3;8,10H,4-7H2,1-3H3. The Balaban J connectivity index is 0.000000208. The molecule has 1 aliphatic heterocycles. The first-order valence-electron chi connectivity index (χ1n) is 22.0. The van der Waals surface area contributed by atoms with Crippen molar-refractivity contribution in [2.75, 3.05) is 19.3 Å². The molecule has 1 amide bonds. The molecule has 1 aromatic carbocycles. The molecule has 0 atom stereocenters. The Morgan fingerprint density at radius 2 is 1.26 bits per heavy atom. The van der Waals surface area contributed by atoms with Crippen molar-refractivity contribution in [3.8, 4) is 0 Å². The maximum absolute atomic E-state index is 11.2. The van der Waals surface area contributed by atoms with Crippen molar-refractivity contribution in [2.45, 2.75) is 155 Å². The van der Waals surface area contributed by atoms with Crippen molar-refractivity contribution in [3.05, 3.63) is 64.4 Å². The summed E-state index contributed by atoms with van der Waals surface area (Å²) in [5.74, 6) is 5.55. The van der Waals surface area contributed by atoms with E-state index >= 15 is 0 Å². The molecule has 9 nitrogen and oxygen atoms in total. The number of rotatable bonds is 9. The number of thiazole rings is 1. The largest absolute Gasteiger partial charge is 0.384 e. The highest BCUT2D eigenvalue weighted by Crippen LogP contribution is 2.43. The second-order valence-electron chi connectivity index (χ2n) is 18.8. The van der Waals surface area contributed by atoms with E-state index in [0.29, 0.717) is 10.8 Å². The predicted molar refractivity (Wildman–Crippen MR) is 239 cm³/mol. The van der Waals surface area contributed by atoms with Gasteiger partial charge in [-0.25, -0.2) is 13.4 Å². The number of benzene rings is 1. The fourth-order valence-corrected chi connectivity index (χ4v) is 9.99. The van der Waals surface area contributed by atoms with Gasteiger partial charge in [0.25, 0.3) is 0 Å². The lowest BCUT2D eigenvalue weighted by Gasteiger charge is -2.37. The van der Waals surface area contributed by atoms with Crippen molar-refractivity contribution in [1.82, 2.24) is 19.7 Å². The lowest BCUT2D eigenvalue weighted by molar-refractivity contribution is -0.130. The number of carbonyl (C=O) groups is 1. The average Bonchev–Trinajstić information content (AvgIpc) is 3.89. The van der Waals surface area contributed by atoms with Crippen molar-refractivity contribution in [3.63, 3.8) is 0 Å². The molecule has 11 heteroatoms. The van der Waals surface area contributed by atoms with Crippen LogP contribution in [0.1, 0.15) is 149 Å². The van der Waals surface area contributed by atoms with Gasteiger partial charge in [0.2, 0.25) is 5.91 Å². The molecule has 3 aromatic rings. The number of aromatic nitrogens is 3. The fourth-order valence-electron chi connectivity index (χ4n) is 8.56. The number of nitrogens with zero attached hydrogens (tertiary/aromatic N) is 4. The maximum atomic E-state index is 11.2. The van der Waals surface area contributed by atoms with E-state index in [4.69, 9.17) is 0 Å². The van der Waals surface area contributed by atoms with Gasteiger partial charge in [-0.15, -0.1) is 11.3 Å². The highest BCUT2D eigenvalue weighted by atomic mass is 32.2. The second-order valence-corrected chi connectivity index (χ2v) is 21.7. The summed E-state index contributed by atoms with van der Waals surface area (Å²) in [6, 6.07) is 9.11. The number of hydrogen-bond donors (Lipinski definition) is 2. The Labute approximate surface area is 356 Å². The summed E-state index contributed by atoms with van der Waals surface area (Å²) in [6.45, 7) is 21.6. The number of aryl methyl sites for hydroxylation is 2. The molecule has 6 rings (SSSR count). The van der Waals surface area contributed by atoms with Crippen molar-refractivity contribution < 1.29 is 23.4 Å². The van der Waals surface area contributed by atoms with Crippen LogP contribution in [0.2, 0.25) is 0 Å². The van der Waals surface area contributed by atoms with Gasteiger partial charge in [-0.3, -0.25) is 9.48 Å². The van der Waals surface area contributed by atoms with Crippen LogP contribution in [-0.2, 0) is 39.3 Å². The Kier molecular flexibility index (Phi) is 19.6. The third-order valence-electron chi connectivity index (χ3n) is 13.0. The molecular weight excluding hydrogens is 765 g/mol. The fraction of sp³-hybridized carbons (Fsp3) is 0.723. The topological polar surface area (TPSA) is 126 Å². The van der Waals surface area contributed by atoms with Gasteiger partial charge in [0.15, 0.2) is 9.84 Å². The molecule has 2 aliphatic carbocycles. The Morgan fingerprint density at radius 1 is 0.776 bits per heavy atom. The molecule has 0 radical (unpaired) electrons. The zero-order valence-electron chi connectivity index (χ0n) is 37.8. The number of likely N-dealkylation sites (tertiary alicyclic amines) is 1. The molecule has 3 aliphatic rings. The van der Waals surface area contributed by atoms with Crippen LogP contribution in [-0.4, -0.2) is 63.5 Å². The molecule has 2 saturated carbocycles. The molecule has 0 unspecified atom stereocenters. The van der Waals surface area contributed by atoms with E-state index in [1.165, 1.54) is 24.7 Å². The van der Waals surface area contributed by atoms with E-state index < -0.39 is 21.0 Å².